The van der Waals surface area contributed by atoms with Gasteiger partial charge in [-0.1, -0.05) is 19.1 Å². The van der Waals surface area contributed by atoms with E-state index in [0.29, 0.717) is 5.56 Å². The first-order valence-electron chi connectivity index (χ1n) is 10.5. The van der Waals surface area contributed by atoms with Gasteiger partial charge in [-0.3, -0.25) is 9.69 Å². The lowest BCUT2D eigenvalue weighted by Gasteiger charge is -2.26. The van der Waals surface area contributed by atoms with Crippen LogP contribution in [0, 0.1) is 6.92 Å². The highest BCUT2D eigenvalue weighted by Crippen LogP contribution is 2.34. The molecule has 3 rings (SSSR count). The highest BCUT2D eigenvalue weighted by atomic mass is 16.5. The number of hydrogen-bond donors (Lipinski definition) is 1. The molecule has 0 atom stereocenters. The number of ether oxygens (including phenoxy) is 1. The number of benzene rings is 1. The molecule has 2 N–H and O–H groups in total. The Hall–Kier alpha value is -2.31. The van der Waals surface area contributed by atoms with Crippen molar-refractivity contribution in [2.24, 2.45) is 5.73 Å². The van der Waals surface area contributed by atoms with Crippen LogP contribution in [-0.2, 0) is 17.7 Å². The Morgan fingerprint density at radius 3 is 2.34 bits per heavy atom. The maximum absolute atomic E-state index is 12.4. The highest BCUT2D eigenvalue weighted by Gasteiger charge is 2.24. The van der Waals surface area contributed by atoms with Crippen LogP contribution in [0.1, 0.15) is 35.1 Å². The zero-order valence-corrected chi connectivity index (χ0v) is 18.2. The van der Waals surface area contributed by atoms with E-state index in [9.17, 15) is 4.79 Å². The Morgan fingerprint density at radius 1 is 1.14 bits per heavy atom. The molecule has 0 radical (unpaired) electrons. The fraction of sp³-hybridized carbons (Fsp3) is 0.522. The zero-order chi connectivity index (χ0) is 21.0. The molecule has 1 fully saturated rings. The topological polar surface area (TPSA) is 63.7 Å². The lowest BCUT2D eigenvalue weighted by Crippen LogP contribution is -2.37. The maximum atomic E-state index is 12.4. The number of amides is 1. The first-order chi connectivity index (χ1) is 13.9. The molecule has 1 aromatic carbocycles. The van der Waals surface area contributed by atoms with E-state index in [-0.39, 0.29) is 5.91 Å². The summed E-state index contributed by atoms with van der Waals surface area (Å²) in [5, 5.41) is 0. The Bertz CT molecular complexity index is 834. The Labute approximate surface area is 174 Å². The van der Waals surface area contributed by atoms with Crippen molar-refractivity contribution >= 4 is 11.6 Å². The minimum atomic E-state index is -0.351. The fourth-order valence-electron chi connectivity index (χ4n) is 4.28. The van der Waals surface area contributed by atoms with Crippen molar-refractivity contribution < 1.29 is 9.53 Å². The third-order valence-corrected chi connectivity index (χ3v) is 5.84. The molecule has 2 aromatic rings. The molecule has 1 aliphatic rings. The molecule has 1 saturated heterocycles. The third-order valence-electron chi connectivity index (χ3n) is 5.84. The Morgan fingerprint density at radius 2 is 1.79 bits per heavy atom. The van der Waals surface area contributed by atoms with Crippen molar-refractivity contribution in [1.82, 2.24) is 9.47 Å². The zero-order valence-electron chi connectivity index (χ0n) is 18.2. The van der Waals surface area contributed by atoms with Gasteiger partial charge in [-0.2, -0.15) is 0 Å². The molecule has 0 saturated carbocycles. The summed E-state index contributed by atoms with van der Waals surface area (Å²) in [4.78, 5) is 16.9. The van der Waals surface area contributed by atoms with Gasteiger partial charge in [-0.25, -0.2) is 0 Å². The predicted octanol–water partition coefficient (Wildman–Crippen LogP) is 2.91. The van der Waals surface area contributed by atoms with Gasteiger partial charge in [0.1, 0.15) is 0 Å². The summed E-state index contributed by atoms with van der Waals surface area (Å²) in [5.74, 6) is -0.351. The summed E-state index contributed by atoms with van der Waals surface area (Å²) < 4.78 is 7.74. The van der Waals surface area contributed by atoms with Crippen LogP contribution in [0.5, 0.6) is 0 Å². The van der Waals surface area contributed by atoms with Gasteiger partial charge < -0.3 is 19.9 Å². The predicted molar refractivity (Wildman–Crippen MR) is 119 cm³/mol. The first kappa shape index (κ1) is 21.4. The molecule has 6 nitrogen and oxygen atoms in total. The number of anilines is 1. The molecule has 158 valence electrons. The van der Waals surface area contributed by atoms with Crippen molar-refractivity contribution in [3.8, 4) is 11.1 Å². The molecule has 0 aliphatic carbocycles. The number of nitrogens with zero attached hydrogens (tertiary/aromatic N) is 3. The summed E-state index contributed by atoms with van der Waals surface area (Å²) in [7, 11) is 4.05. The van der Waals surface area contributed by atoms with Crippen molar-refractivity contribution in [1.29, 1.82) is 0 Å². The van der Waals surface area contributed by atoms with E-state index in [1.807, 2.05) is 21.0 Å². The number of aromatic nitrogens is 1. The van der Waals surface area contributed by atoms with E-state index in [2.05, 4.69) is 45.6 Å². The van der Waals surface area contributed by atoms with Crippen LogP contribution >= 0.6 is 0 Å². The van der Waals surface area contributed by atoms with Crippen LogP contribution < -0.4 is 10.6 Å². The van der Waals surface area contributed by atoms with Crippen molar-refractivity contribution in [2.45, 2.75) is 33.2 Å². The third kappa shape index (κ3) is 4.65. The monoisotopic (exact) mass is 398 g/mol. The van der Waals surface area contributed by atoms with Gasteiger partial charge in [0.05, 0.1) is 18.8 Å². The molecular formula is C23H34N4O2. The van der Waals surface area contributed by atoms with Crippen LogP contribution in [0.2, 0.25) is 0 Å². The number of hydrogen-bond acceptors (Lipinski definition) is 4. The molecule has 2 heterocycles. The molecule has 1 aromatic heterocycles. The fourth-order valence-corrected chi connectivity index (χ4v) is 4.28. The summed E-state index contributed by atoms with van der Waals surface area (Å²) in [5.41, 5.74) is 11.8. The average molecular weight is 399 g/mol. The van der Waals surface area contributed by atoms with E-state index >= 15 is 0 Å². The van der Waals surface area contributed by atoms with Gasteiger partial charge in [-0.15, -0.1) is 0 Å². The van der Waals surface area contributed by atoms with Crippen LogP contribution in [0.15, 0.2) is 24.3 Å². The maximum Gasteiger partial charge on any atom is 0.251 e. The SMILES string of the molecule is CCc1c(-c2ccc(N(C)C)cc2)c(C(N)=O)c(C)n1CCCN1CCOCC1. The van der Waals surface area contributed by atoms with E-state index in [1.165, 1.54) is 5.69 Å². The second kappa shape index (κ2) is 9.46. The number of primary amides is 1. The van der Waals surface area contributed by atoms with Crippen molar-refractivity contribution in [3.63, 3.8) is 0 Å². The first-order valence-corrected chi connectivity index (χ1v) is 10.5. The van der Waals surface area contributed by atoms with Gasteiger partial charge in [0.15, 0.2) is 0 Å². The molecule has 0 unspecified atom stereocenters. The van der Waals surface area contributed by atoms with E-state index in [4.69, 9.17) is 10.5 Å². The van der Waals surface area contributed by atoms with E-state index < -0.39 is 0 Å². The minimum absolute atomic E-state index is 0.351. The molecule has 0 bridgehead atoms. The van der Waals surface area contributed by atoms with Crippen LogP contribution in [0.25, 0.3) is 11.1 Å². The number of morpholine rings is 1. The number of carbonyl (C=O) groups excluding carboxylic acids is 1. The molecule has 1 aliphatic heterocycles. The van der Waals surface area contributed by atoms with Crippen molar-refractivity contribution in [2.75, 3.05) is 51.8 Å². The normalized spacial score (nSPS) is 14.9. The highest BCUT2D eigenvalue weighted by molar-refractivity contribution is 6.02. The quantitative estimate of drug-likeness (QED) is 0.743. The minimum Gasteiger partial charge on any atom is -0.379 e. The molecule has 0 spiro atoms. The molecule has 1 amide bonds. The molecular weight excluding hydrogens is 364 g/mol. The number of carbonyl (C=O) groups is 1. The van der Waals surface area contributed by atoms with Crippen LogP contribution in [-0.4, -0.2) is 62.3 Å². The van der Waals surface area contributed by atoms with Crippen LogP contribution in [0.3, 0.4) is 0 Å². The van der Waals surface area contributed by atoms with Gasteiger partial charge in [0.2, 0.25) is 0 Å². The number of nitrogens with two attached hydrogens (primary N) is 1. The summed E-state index contributed by atoms with van der Waals surface area (Å²) in [6.07, 6.45) is 1.90. The van der Waals surface area contributed by atoms with Gasteiger partial charge in [-0.05, 0) is 37.5 Å². The van der Waals surface area contributed by atoms with Crippen molar-refractivity contribution in [3.05, 3.63) is 41.2 Å². The second-order valence-electron chi connectivity index (χ2n) is 7.90. The van der Waals surface area contributed by atoms with E-state index in [0.717, 1.165) is 74.7 Å². The summed E-state index contributed by atoms with van der Waals surface area (Å²) in [6, 6.07) is 8.36. The lowest BCUT2D eigenvalue weighted by molar-refractivity contribution is 0.0369. The Kier molecular flexibility index (Phi) is 6.98. The summed E-state index contributed by atoms with van der Waals surface area (Å²) >= 11 is 0. The van der Waals surface area contributed by atoms with Gasteiger partial charge >= 0.3 is 0 Å². The largest absolute Gasteiger partial charge is 0.379 e. The van der Waals surface area contributed by atoms with E-state index in [1.54, 1.807) is 0 Å². The molecule has 6 heteroatoms. The Balaban J connectivity index is 1.90. The average Bonchev–Trinajstić information content (AvgIpc) is 3.00. The summed E-state index contributed by atoms with van der Waals surface area (Å²) in [6.45, 7) is 9.75. The van der Waals surface area contributed by atoms with Gasteiger partial charge in [0.25, 0.3) is 5.91 Å². The van der Waals surface area contributed by atoms with Gasteiger partial charge in [0, 0.05) is 62.9 Å². The molecule has 29 heavy (non-hydrogen) atoms. The standard InChI is InChI=1S/C23H34N4O2/c1-5-20-22(18-7-9-19(10-8-18)25(3)4)21(23(24)28)17(2)27(20)12-6-11-26-13-15-29-16-14-26/h7-10H,5-6,11-16H2,1-4H3,(H2,24,28). The van der Waals surface area contributed by atoms with Crippen LogP contribution in [0.4, 0.5) is 5.69 Å². The number of rotatable bonds is 8. The lowest BCUT2D eigenvalue weighted by atomic mass is 9.98. The second-order valence-corrected chi connectivity index (χ2v) is 7.90. The smallest absolute Gasteiger partial charge is 0.251 e.